The molecule has 2 aliphatic heterocycles. The van der Waals surface area contributed by atoms with Crippen LogP contribution in [0.4, 0.5) is 11.5 Å². The lowest BCUT2D eigenvalue weighted by atomic mass is 10.0. The van der Waals surface area contributed by atoms with E-state index in [9.17, 15) is 4.79 Å². The van der Waals surface area contributed by atoms with Crippen molar-refractivity contribution in [3.63, 3.8) is 0 Å². The minimum absolute atomic E-state index is 0.184. The lowest BCUT2D eigenvalue weighted by Crippen LogP contribution is -2.51. The molecule has 0 bridgehead atoms. The Morgan fingerprint density at radius 1 is 1.07 bits per heavy atom. The third-order valence-electron chi connectivity index (χ3n) is 5.81. The highest BCUT2D eigenvalue weighted by molar-refractivity contribution is 5.96. The zero-order chi connectivity index (χ0) is 19.8. The molecular formula is C20H24N8O. The Labute approximate surface area is 168 Å². The summed E-state index contributed by atoms with van der Waals surface area (Å²) >= 11 is 0. The summed E-state index contributed by atoms with van der Waals surface area (Å²) in [5, 5.41) is 8.27. The monoisotopic (exact) mass is 392 g/mol. The summed E-state index contributed by atoms with van der Waals surface area (Å²) in [5.74, 6) is 1.00. The van der Waals surface area contributed by atoms with E-state index in [0.29, 0.717) is 6.54 Å². The average Bonchev–Trinajstić information content (AvgIpc) is 3.15. The van der Waals surface area contributed by atoms with Crippen molar-refractivity contribution in [1.82, 2.24) is 29.9 Å². The summed E-state index contributed by atoms with van der Waals surface area (Å²) in [4.78, 5) is 28.1. The van der Waals surface area contributed by atoms with Crippen molar-refractivity contribution in [1.29, 1.82) is 0 Å². The van der Waals surface area contributed by atoms with Gasteiger partial charge in [-0.25, -0.2) is 14.6 Å². The fraction of sp³-hybridized carbons (Fsp3) is 0.450. The second-order valence-electron chi connectivity index (χ2n) is 7.62. The fourth-order valence-corrected chi connectivity index (χ4v) is 4.26. The molecule has 150 valence electrons. The number of para-hydroxylation sites is 1. The van der Waals surface area contributed by atoms with Crippen molar-refractivity contribution >= 4 is 28.6 Å². The van der Waals surface area contributed by atoms with Crippen LogP contribution < -0.4 is 9.80 Å². The van der Waals surface area contributed by atoms with Gasteiger partial charge in [0.1, 0.15) is 6.33 Å². The highest BCUT2D eigenvalue weighted by atomic mass is 16.2. The minimum atomic E-state index is 0.184. The molecule has 3 aromatic rings. The van der Waals surface area contributed by atoms with E-state index in [1.54, 1.807) is 11.0 Å². The normalized spacial score (nSPS) is 17.6. The predicted molar refractivity (Wildman–Crippen MR) is 110 cm³/mol. The summed E-state index contributed by atoms with van der Waals surface area (Å²) in [6.45, 7) is 4.48. The lowest BCUT2D eigenvalue weighted by molar-refractivity contribution is -0.119. The number of aryl methyl sites for hydroxylation is 2. The van der Waals surface area contributed by atoms with Crippen LogP contribution in [0, 0.1) is 0 Å². The first kappa shape index (κ1) is 18.0. The molecule has 0 spiro atoms. The molecule has 0 unspecified atom stereocenters. The Morgan fingerprint density at radius 2 is 1.90 bits per heavy atom. The van der Waals surface area contributed by atoms with Crippen molar-refractivity contribution < 1.29 is 4.79 Å². The molecule has 0 aliphatic carbocycles. The number of hydrogen-bond donors (Lipinski definition) is 0. The Bertz CT molecular complexity index is 1040. The molecule has 9 heteroatoms. The van der Waals surface area contributed by atoms with E-state index in [-0.39, 0.29) is 5.91 Å². The van der Waals surface area contributed by atoms with Gasteiger partial charge in [0.15, 0.2) is 17.0 Å². The van der Waals surface area contributed by atoms with Crippen molar-refractivity contribution in [2.45, 2.75) is 12.8 Å². The fourth-order valence-electron chi connectivity index (χ4n) is 4.26. The van der Waals surface area contributed by atoms with Crippen LogP contribution >= 0.6 is 0 Å². The first-order valence-electron chi connectivity index (χ1n) is 10.1. The summed E-state index contributed by atoms with van der Waals surface area (Å²) in [7, 11) is 1.83. The van der Waals surface area contributed by atoms with E-state index in [2.05, 4.69) is 42.2 Å². The maximum absolute atomic E-state index is 13.0. The van der Waals surface area contributed by atoms with E-state index >= 15 is 0 Å². The molecule has 0 saturated carbocycles. The average molecular weight is 392 g/mol. The third-order valence-corrected chi connectivity index (χ3v) is 5.81. The van der Waals surface area contributed by atoms with E-state index in [1.807, 2.05) is 24.1 Å². The predicted octanol–water partition coefficient (Wildman–Crippen LogP) is 0.860. The van der Waals surface area contributed by atoms with Crippen LogP contribution in [0.1, 0.15) is 12.0 Å². The Balaban J connectivity index is 1.24. The Hall–Kier alpha value is -3.07. The second kappa shape index (κ2) is 7.40. The first-order chi connectivity index (χ1) is 14.2. The molecule has 1 aromatic carbocycles. The zero-order valence-electron chi connectivity index (χ0n) is 16.5. The van der Waals surface area contributed by atoms with Crippen LogP contribution in [-0.2, 0) is 18.3 Å². The number of carbonyl (C=O) groups is 1. The van der Waals surface area contributed by atoms with Gasteiger partial charge in [-0.2, -0.15) is 0 Å². The number of amides is 1. The number of benzene rings is 1. The summed E-state index contributed by atoms with van der Waals surface area (Å²) in [6, 6.07) is 8.25. The second-order valence-corrected chi connectivity index (χ2v) is 7.62. The van der Waals surface area contributed by atoms with Crippen LogP contribution in [0.15, 0.2) is 30.6 Å². The maximum Gasteiger partial charge on any atom is 0.241 e. The number of anilines is 2. The number of nitrogens with zero attached hydrogens (tertiary/aromatic N) is 8. The highest BCUT2D eigenvalue weighted by Crippen LogP contribution is 2.27. The molecule has 4 heterocycles. The van der Waals surface area contributed by atoms with Crippen molar-refractivity contribution in [2.24, 2.45) is 7.05 Å². The van der Waals surface area contributed by atoms with E-state index in [0.717, 1.165) is 68.2 Å². The SMILES string of the molecule is Cn1nnc2c(N3CCN(CC(=O)N4CCCc5ccccc54)CC3)ncnc21. The number of hydrogen-bond acceptors (Lipinski definition) is 7. The van der Waals surface area contributed by atoms with Gasteiger partial charge in [-0.3, -0.25) is 9.69 Å². The Morgan fingerprint density at radius 3 is 2.76 bits per heavy atom. The Kier molecular flexibility index (Phi) is 4.59. The van der Waals surface area contributed by atoms with Gasteiger partial charge in [-0.05, 0) is 24.5 Å². The van der Waals surface area contributed by atoms with Crippen LogP contribution in [-0.4, -0.2) is 75.0 Å². The number of fused-ring (bicyclic) bond motifs is 2. The maximum atomic E-state index is 13.0. The standard InChI is InChI=1S/C20H24N8O/c1-25-19-18(23-24-25)20(22-14-21-19)27-11-9-26(10-12-27)13-17(29)28-8-4-6-15-5-2-3-7-16(15)28/h2-3,5,7,14H,4,6,8-13H2,1H3. The van der Waals surface area contributed by atoms with Gasteiger partial charge in [0.2, 0.25) is 5.91 Å². The molecular weight excluding hydrogens is 368 g/mol. The largest absolute Gasteiger partial charge is 0.352 e. The summed E-state index contributed by atoms with van der Waals surface area (Å²) in [6.07, 6.45) is 3.64. The smallest absolute Gasteiger partial charge is 0.241 e. The van der Waals surface area contributed by atoms with E-state index < -0.39 is 0 Å². The van der Waals surface area contributed by atoms with Gasteiger partial charge in [0.05, 0.1) is 6.54 Å². The van der Waals surface area contributed by atoms with Crippen molar-refractivity contribution in [3.05, 3.63) is 36.2 Å². The highest BCUT2D eigenvalue weighted by Gasteiger charge is 2.27. The van der Waals surface area contributed by atoms with E-state index in [1.165, 1.54) is 5.56 Å². The van der Waals surface area contributed by atoms with Crippen molar-refractivity contribution in [3.8, 4) is 0 Å². The zero-order valence-corrected chi connectivity index (χ0v) is 16.5. The number of rotatable bonds is 3. The lowest BCUT2D eigenvalue weighted by Gasteiger charge is -2.36. The summed E-state index contributed by atoms with van der Waals surface area (Å²) in [5.41, 5.74) is 3.81. The minimum Gasteiger partial charge on any atom is -0.352 e. The third kappa shape index (κ3) is 3.31. The van der Waals surface area contributed by atoms with Crippen LogP contribution in [0.5, 0.6) is 0 Å². The molecule has 0 atom stereocenters. The number of carbonyl (C=O) groups excluding carboxylic acids is 1. The van der Waals surface area contributed by atoms with Crippen LogP contribution in [0.2, 0.25) is 0 Å². The van der Waals surface area contributed by atoms with Crippen LogP contribution in [0.3, 0.4) is 0 Å². The molecule has 29 heavy (non-hydrogen) atoms. The quantitative estimate of drug-likeness (QED) is 0.654. The number of aromatic nitrogens is 5. The molecule has 0 N–H and O–H groups in total. The molecule has 0 radical (unpaired) electrons. The topological polar surface area (TPSA) is 83.3 Å². The molecule has 2 aromatic heterocycles. The van der Waals surface area contributed by atoms with Gasteiger partial charge in [0, 0.05) is 45.5 Å². The molecule has 1 fully saturated rings. The van der Waals surface area contributed by atoms with Gasteiger partial charge in [-0.1, -0.05) is 23.4 Å². The van der Waals surface area contributed by atoms with Crippen LogP contribution in [0.25, 0.3) is 11.2 Å². The summed E-state index contributed by atoms with van der Waals surface area (Å²) < 4.78 is 1.66. The van der Waals surface area contributed by atoms with Crippen molar-refractivity contribution in [2.75, 3.05) is 49.1 Å². The van der Waals surface area contributed by atoms with Gasteiger partial charge in [-0.15, -0.1) is 5.10 Å². The number of piperazine rings is 1. The molecule has 2 aliphatic rings. The van der Waals surface area contributed by atoms with Gasteiger partial charge < -0.3 is 9.80 Å². The molecule has 5 rings (SSSR count). The van der Waals surface area contributed by atoms with Gasteiger partial charge in [0.25, 0.3) is 0 Å². The molecule has 9 nitrogen and oxygen atoms in total. The first-order valence-corrected chi connectivity index (χ1v) is 10.1. The molecule has 1 saturated heterocycles. The van der Waals surface area contributed by atoms with Gasteiger partial charge >= 0.3 is 0 Å². The van der Waals surface area contributed by atoms with E-state index in [4.69, 9.17) is 0 Å². The molecule has 1 amide bonds.